The van der Waals surface area contributed by atoms with Gasteiger partial charge in [-0.05, 0) is 38.1 Å². The Morgan fingerprint density at radius 3 is 2.57 bits per heavy atom. The Morgan fingerprint density at radius 1 is 1.21 bits per heavy atom. The second kappa shape index (κ2) is 9.23. The number of benzene rings is 1. The third kappa shape index (κ3) is 5.01. The molecule has 2 aromatic rings. The molecule has 9 nitrogen and oxygen atoms in total. The molecule has 1 saturated heterocycles. The summed E-state index contributed by atoms with van der Waals surface area (Å²) in [6.07, 6.45) is 4.35. The fraction of sp³-hybridized carbons (Fsp3) is 0.421. The SMILES string of the molecule is Cc1cc(C(=O)NCCCN2CCN(c3ncccn3)CC2)ccc1[N+](=O)[O-]. The molecule has 0 bridgehead atoms. The number of aromatic nitrogens is 2. The molecule has 1 aliphatic heterocycles. The largest absolute Gasteiger partial charge is 0.352 e. The van der Waals surface area contributed by atoms with E-state index in [1.165, 1.54) is 12.1 Å². The molecule has 0 atom stereocenters. The van der Waals surface area contributed by atoms with Gasteiger partial charge in [0.05, 0.1) is 4.92 Å². The third-order valence-corrected chi connectivity index (χ3v) is 4.80. The number of nitrogens with one attached hydrogen (secondary N) is 1. The Morgan fingerprint density at radius 2 is 1.93 bits per heavy atom. The van der Waals surface area contributed by atoms with Gasteiger partial charge < -0.3 is 10.2 Å². The summed E-state index contributed by atoms with van der Waals surface area (Å²) in [5.74, 6) is 0.567. The zero-order valence-electron chi connectivity index (χ0n) is 15.9. The van der Waals surface area contributed by atoms with Crippen LogP contribution in [0.4, 0.5) is 11.6 Å². The number of anilines is 1. The Labute approximate surface area is 163 Å². The quantitative estimate of drug-likeness (QED) is 0.439. The predicted molar refractivity (Wildman–Crippen MR) is 105 cm³/mol. The minimum Gasteiger partial charge on any atom is -0.352 e. The van der Waals surface area contributed by atoms with Gasteiger partial charge in [-0.25, -0.2) is 9.97 Å². The van der Waals surface area contributed by atoms with E-state index in [-0.39, 0.29) is 11.6 Å². The van der Waals surface area contributed by atoms with E-state index in [0.717, 1.165) is 45.1 Å². The van der Waals surface area contributed by atoms with Crippen molar-refractivity contribution in [1.29, 1.82) is 0 Å². The van der Waals surface area contributed by atoms with Gasteiger partial charge in [0.15, 0.2) is 0 Å². The van der Waals surface area contributed by atoms with Gasteiger partial charge in [0, 0.05) is 62.3 Å². The molecular formula is C19H24N6O3. The van der Waals surface area contributed by atoms with E-state index < -0.39 is 4.92 Å². The fourth-order valence-electron chi connectivity index (χ4n) is 3.23. The summed E-state index contributed by atoms with van der Waals surface area (Å²) in [6.45, 7) is 6.76. The molecule has 1 aromatic carbocycles. The Hall–Kier alpha value is -3.07. The first-order valence-corrected chi connectivity index (χ1v) is 9.32. The van der Waals surface area contributed by atoms with Crippen molar-refractivity contribution in [3.63, 3.8) is 0 Å². The molecule has 0 saturated carbocycles. The molecule has 3 rings (SSSR count). The molecule has 1 fully saturated rings. The standard InChI is InChI=1S/C19H24N6O3/c1-15-14-16(4-5-17(15)25(27)28)18(26)20-8-3-9-23-10-12-24(13-11-23)19-21-6-2-7-22-19/h2,4-7,14H,3,8-13H2,1H3,(H,20,26). The van der Waals surface area contributed by atoms with Gasteiger partial charge in [-0.3, -0.25) is 19.8 Å². The lowest BCUT2D eigenvalue weighted by molar-refractivity contribution is -0.385. The molecular weight excluding hydrogens is 360 g/mol. The average molecular weight is 384 g/mol. The molecule has 0 radical (unpaired) electrons. The Bertz CT molecular complexity index is 822. The predicted octanol–water partition coefficient (Wildman–Crippen LogP) is 1.64. The van der Waals surface area contributed by atoms with Crippen LogP contribution in [-0.2, 0) is 0 Å². The number of nitro benzene ring substituents is 1. The van der Waals surface area contributed by atoms with Crippen molar-refractivity contribution in [2.45, 2.75) is 13.3 Å². The maximum atomic E-state index is 12.2. The minimum atomic E-state index is -0.444. The van der Waals surface area contributed by atoms with Crippen LogP contribution < -0.4 is 10.2 Å². The first-order valence-electron chi connectivity index (χ1n) is 9.32. The number of rotatable bonds is 7. The Balaban J connectivity index is 1.38. The molecule has 1 aliphatic rings. The lowest BCUT2D eigenvalue weighted by atomic mass is 10.1. The molecule has 28 heavy (non-hydrogen) atoms. The summed E-state index contributed by atoms with van der Waals surface area (Å²) in [4.78, 5) is 35.7. The van der Waals surface area contributed by atoms with Crippen LogP contribution in [0.3, 0.4) is 0 Å². The van der Waals surface area contributed by atoms with Crippen molar-refractivity contribution in [3.8, 4) is 0 Å². The highest BCUT2D eigenvalue weighted by Gasteiger charge is 2.18. The molecule has 148 valence electrons. The van der Waals surface area contributed by atoms with Gasteiger partial charge in [-0.2, -0.15) is 0 Å². The summed E-state index contributed by atoms with van der Waals surface area (Å²) in [5, 5.41) is 13.7. The topological polar surface area (TPSA) is 104 Å². The smallest absolute Gasteiger partial charge is 0.272 e. The van der Waals surface area contributed by atoms with Crippen LogP contribution >= 0.6 is 0 Å². The van der Waals surface area contributed by atoms with E-state index in [4.69, 9.17) is 0 Å². The van der Waals surface area contributed by atoms with Crippen LogP contribution in [0.15, 0.2) is 36.7 Å². The average Bonchev–Trinajstić information content (AvgIpc) is 2.72. The zero-order chi connectivity index (χ0) is 19.9. The third-order valence-electron chi connectivity index (χ3n) is 4.80. The van der Waals surface area contributed by atoms with Crippen molar-refractivity contribution >= 4 is 17.5 Å². The maximum Gasteiger partial charge on any atom is 0.272 e. The van der Waals surface area contributed by atoms with Crippen LogP contribution in [0.5, 0.6) is 0 Å². The fourth-order valence-corrected chi connectivity index (χ4v) is 3.23. The van der Waals surface area contributed by atoms with Gasteiger partial charge in [0.1, 0.15) is 0 Å². The zero-order valence-corrected chi connectivity index (χ0v) is 15.9. The first kappa shape index (κ1) is 19.7. The van der Waals surface area contributed by atoms with E-state index in [0.29, 0.717) is 17.7 Å². The summed E-state index contributed by atoms with van der Waals surface area (Å²) in [7, 11) is 0. The second-order valence-electron chi connectivity index (χ2n) is 6.75. The minimum absolute atomic E-state index is 0.0246. The summed E-state index contributed by atoms with van der Waals surface area (Å²) < 4.78 is 0. The van der Waals surface area contributed by atoms with Crippen LogP contribution in [-0.4, -0.2) is 65.0 Å². The second-order valence-corrected chi connectivity index (χ2v) is 6.75. The van der Waals surface area contributed by atoms with E-state index >= 15 is 0 Å². The Kier molecular flexibility index (Phi) is 6.49. The van der Waals surface area contributed by atoms with E-state index in [9.17, 15) is 14.9 Å². The van der Waals surface area contributed by atoms with Crippen LogP contribution in [0.25, 0.3) is 0 Å². The number of nitro groups is 1. The van der Waals surface area contributed by atoms with Gasteiger partial charge in [-0.15, -0.1) is 0 Å². The summed E-state index contributed by atoms with van der Waals surface area (Å²) >= 11 is 0. The number of carbonyl (C=O) groups excluding carboxylic acids is 1. The summed E-state index contributed by atoms with van der Waals surface area (Å²) in [5.41, 5.74) is 0.953. The number of hydrogen-bond acceptors (Lipinski definition) is 7. The number of piperazine rings is 1. The number of amides is 1. The van der Waals surface area contributed by atoms with Gasteiger partial charge in [0.25, 0.3) is 11.6 Å². The van der Waals surface area contributed by atoms with Gasteiger partial charge in [-0.1, -0.05) is 0 Å². The number of aryl methyl sites for hydroxylation is 1. The molecule has 0 aliphatic carbocycles. The maximum absolute atomic E-state index is 12.2. The normalized spacial score (nSPS) is 14.7. The highest BCUT2D eigenvalue weighted by molar-refractivity contribution is 5.94. The van der Waals surface area contributed by atoms with Gasteiger partial charge in [0.2, 0.25) is 5.95 Å². The molecule has 0 spiro atoms. The van der Waals surface area contributed by atoms with Crippen LogP contribution in [0.2, 0.25) is 0 Å². The van der Waals surface area contributed by atoms with E-state index in [2.05, 4.69) is 25.1 Å². The van der Waals surface area contributed by atoms with Gasteiger partial charge >= 0.3 is 0 Å². The first-order chi connectivity index (χ1) is 13.5. The van der Waals surface area contributed by atoms with Crippen LogP contribution in [0, 0.1) is 17.0 Å². The molecule has 1 N–H and O–H groups in total. The van der Waals surface area contributed by atoms with E-state index in [1.807, 2.05) is 6.07 Å². The highest BCUT2D eigenvalue weighted by atomic mass is 16.6. The summed E-state index contributed by atoms with van der Waals surface area (Å²) in [6, 6.07) is 6.23. The van der Waals surface area contributed by atoms with Crippen molar-refractivity contribution in [1.82, 2.24) is 20.2 Å². The van der Waals surface area contributed by atoms with Crippen LogP contribution in [0.1, 0.15) is 22.3 Å². The lowest BCUT2D eigenvalue weighted by Gasteiger charge is -2.34. The number of hydrogen-bond donors (Lipinski definition) is 1. The van der Waals surface area contributed by atoms with Crippen molar-refractivity contribution in [2.75, 3.05) is 44.2 Å². The molecule has 1 aromatic heterocycles. The lowest BCUT2D eigenvalue weighted by Crippen LogP contribution is -2.47. The monoisotopic (exact) mass is 384 g/mol. The molecule has 2 heterocycles. The molecule has 1 amide bonds. The van der Waals surface area contributed by atoms with E-state index in [1.54, 1.807) is 25.4 Å². The van der Waals surface area contributed by atoms with Crippen molar-refractivity contribution in [3.05, 3.63) is 57.9 Å². The highest BCUT2D eigenvalue weighted by Crippen LogP contribution is 2.18. The van der Waals surface area contributed by atoms with Crippen molar-refractivity contribution < 1.29 is 9.72 Å². The number of nitrogens with zero attached hydrogens (tertiary/aromatic N) is 5. The van der Waals surface area contributed by atoms with Crippen molar-refractivity contribution in [2.24, 2.45) is 0 Å². The molecule has 9 heteroatoms. The number of carbonyl (C=O) groups is 1. The molecule has 0 unspecified atom stereocenters.